The molecule has 3 rings (SSSR count). The van der Waals surface area contributed by atoms with E-state index in [-0.39, 0.29) is 12.4 Å². The van der Waals surface area contributed by atoms with Crippen LogP contribution in [0.25, 0.3) is 0 Å². The Morgan fingerprint density at radius 1 is 1.16 bits per heavy atom. The van der Waals surface area contributed by atoms with Gasteiger partial charge in [0.05, 0.1) is 7.11 Å². The Morgan fingerprint density at radius 3 is 2.64 bits per heavy atom. The number of rotatable bonds is 6. The van der Waals surface area contributed by atoms with Crippen LogP contribution in [0.15, 0.2) is 18.2 Å². The Bertz CT molecular complexity index is 546. The maximum absolute atomic E-state index is 9.98. The van der Waals surface area contributed by atoms with Crippen molar-refractivity contribution in [1.82, 2.24) is 9.80 Å². The van der Waals surface area contributed by atoms with Crippen molar-refractivity contribution in [2.75, 3.05) is 33.4 Å². The van der Waals surface area contributed by atoms with E-state index in [1.165, 1.54) is 32.1 Å². The normalized spacial score (nSPS) is 23.7. The molecule has 1 aromatic carbocycles. The van der Waals surface area contributed by atoms with Crippen molar-refractivity contribution in [2.45, 2.75) is 57.2 Å². The summed E-state index contributed by atoms with van der Waals surface area (Å²) in [6.45, 7) is 4.20. The van der Waals surface area contributed by atoms with Gasteiger partial charge in [0.1, 0.15) is 0 Å². The van der Waals surface area contributed by atoms with Crippen molar-refractivity contribution in [3.8, 4) is 11.5 Å². The van der Waals surface area contributed by atoms with Gasteiger partial charge < -0.3 is 14.9 Å². The van der Waals surface area contributed by atoms with Crippen LogP contribution >= 0.6 is 0 Å². The van der Waals surface area contributed by atoms with E-state index in [0.29, 0.717) is 17.8 Å². The first kappa shape index (κ1) is 18.5. The maximum Gasteiger partial charge on any atom is 0.160 e. The Morgan fingerprint density at radius 2 is 1.96 bits per heavy atom. The molecule has 1 aliphatic heterocycles. The van der Waals surface area contributed by atoms with E-state index in [2.05, 4.69) is 9.80 Å². The fourth-order valence-electron chi connectivity index (χ4n) is 4.47. The first-order valence-electron chi connectivity index (χ1n) is 9.66. The zero-order chi connectivity index (χ0) is 17.6. The number of aliphatic hydroxyl groups excluding tert-OH is 1. The third-order valence-corrected chi connectivity index (χ3v) is 5.77. The van der Waals surface area contributed by atoms with Gasteiger partial charge in [-0.15, -0.1) is 0 Å². The number of aromatic hydroxyl groups is 1. The van der Waals surface area contributed by atoms with Crippen molar-refractivity contribution in [3.63, 3.8) is 0 Å². The third-order valence-electron chi connectivity index (χ3n) is 5.77. The molecule has 140 valence electrons. The van der Waals surface area contributed by atoms with E-state index in [0.717, 1.165) is 38.2 Å². The summed E-state index contributed by atoms with van der Waals surface area (Å²) in [5.74, 6) is 0.719. The molecular formula is C20H32N2O3. The van der Waals surface area contributed by atoms with Crippen molar-refractivity contribution in [2.24, 2.45) is 0 Å². The Hall–Kier alpha value is -1.30. The van der Waals surface area contributed by atoms with E-state index in [1.54, 1.807) is 13.2 Å². The van der Waals surface area contributed by atoms with Gasteiger partial charge in [-0.05, 0) is 37.0 Å². The first-order valence-corrected chi connectivity index (χ1v) is 9.66. The molecule has 0 bridgehead atoms. The summed E-state index contributed by atoms with van der Waals surface area (Å²) in [5.41, 5.74) is 1.10. The van der Waals surface area contributed by atoms with E-state index in [1.807, 2.05) is 12.1 Å². The smallest absolute Gasteiger partial charge is 0.160 e. The molecule has 0 radical (unpaired) electrons. The number of benzene rings is 1. The summed E-state index contributed by atoms with van der Waals surface area (Å²) >= 11 is 0. The number of phenols is 1. The van der Waals surface area contributed by atoms with E-state index in [9.17, 15) is 10.2 Å². The van der Waals surface area contributed by atoms with Gasteiger partial charge in [0.2, 0.25) is 0 Å². The highest BCUT2D eigenvalue weighted by Crippen LogP contribution is 2.29. The van der Waals surface area contributed by atoms with Gasteiger partial charge in [-0.3, -0.25) is 9.80 Å². The molecule has 1 unspecified atom stereocenters. The number of piperazine rings is 1. The molecule has 1 heterocycles. The van der Waals surface area contributed by atoms with Crippen LogP contribution in [0, 0.1) is 0 Å². The van der Waals surface area contributed by atoms with Crippen molar-refractivity contribution >= 4 is 0 Å². The number of hydrogen-bond donors (Lipinski definition) is 2. The molecule has 0 aromatic heterocycles. The zero-order valence-corrected chi connectivity index (χ0v) is 15.4. The maximum atomic E-state index is 9.98. The highest BCUT2D eigenvalue weighted by Gasteiger charge is 2.32. The van der Waals surface area contributed by atoms with Gasteiger partial charge in [0.15, 0.2) is 11.5 Å². The summed E-state index contributed by atoms with van der Waals surface area (Å²) in [5, 5.41) is 19.5. The third kappa shape index (κ3) is 4.66. The average molecular weight is 348 g/mol. The lowest BCUT2D eigenvalue weighted by Gasteiger charge is -2.46. The zero-order valence-electron chi connectivity index (χ0n) is 15.4. The number of aliphatic hydroxyl groups is 1. The van der Waals surface area contributed by atoms with E-state index < -0.39 is 0 Å². The van der Waals surface area contributed by atoms with E-state index in [4.69, 9.17) is 4.74 Å². The summed E-state index contributed by atoms with van der Waals surface area (Å²) in [6, 6.07) is 6.79. The van der Waals surface area contributed by atoms with Gasteiger partial charge in [0.25, 0.3) is 0 Å². The van der Waals surface area contributed by atoms with Crippen LogP contribution in [-0.4, -0.2) is 65.4 Å². The minimum absolute atomic E-state index is 0.202. The standard InChI is InChI=1S/C20H32N2O3/c1-25-20-8-7-16(13-19(20)24)14-21-10-11-22(18(15-21)9-12-23)17-5-3-2-4-6-17/h7-8,13,17-18,23-24H,2-6,9-12,14-15H2,1H3. The lowest BCUT2D eigenvalue weighted by molar-refractivity contribution is 0.0136. The van der Waals surface area contributed by atoms with Gasteiger partial charge in [-0.25, -0.2) is 0 Å². The molecule has 1 saturated carbocycles. The fourth-order valence-corrected chi connectivity index (χ4v) is 4.47. The van der Waals surface area contributed by atoms with Gasteiger partial charge >= 0.3 is 0 Å². The fraction of sp³-hybridized carbons (Fsp3) is 0.700. The van der Waals surface area contributed by atoms with Gasteiger partial charge in [-0.2, -0.15) is 0 Å². The minimum Gasteiger partial charge on any atom is -0.504 e. The predicted octanol–water partition coefficient (Wildman–Crippen LogP) is 2.60. The Kier molecular flexibility index (Phi) is 6.57. The van der Waals surface area contributed by atoms with Crippen molar-refractivity contribution < 1.29 is 14.9 Å². The molecule has 2 fully saturated rings. The second kappa shape index (κ2) is 8.88. The van der Waals surface area contributed by atoms with Crippen LogP contribution in [0.4, 0.5) is 0 Å². The topological polar surface area (TPSA) is 56.2 Å². The molecular weight excluding hydrogens is 316 g/mol. The lowest BCUT2D eigenvalue weighted by Crippen LogP contribution is -2.56. The highest BCUT2D eigenvalue weighted by molar-refractivity contribution is 5.41. The summed E-state index contributed by atoms with van der Waals surface area (Å²) in [7, 11) is 1.57. The van der Waals surface area contributed by atoms with Crippen LogP contribution < -0.4 is 4.74 Å². The summed E-state index contributed by atoms with van der Waals surface area (Å²) in [4.78, 5) is 5.11. The number of phenolic OH excluding ortho intramolecular Hbond substituents is 1. The number of ether oxygens (including phenoxy) is 1. The molecule has 2 N–H and O–H groups in total. The highest BCUT2D eigenvalue weighted by atomic mass is 16.5. The average Bonchev–Trinajstić information content (AvgIpc) is 2.63. The second-order valence-corrected chi connectivity index (χ2v) is 7.44. The Balaban J connectivity index is 1.62. The molecule has 2 aliphatic rings. The SMILES string of the molecule is COc1ccc(CN2CCN(C3CCCCC3)C(CCO)C2)cc1O. The molecule has 25 heavy (non-hydrogen) atoms. The quantitative estimate of drug-likeness (QED) is 0.828. The summed E-state index contributed by atoms with van der Waals surface area (Å²) in [6.07, 6.45) is 7.55. The molecule has 5 heteroatoms. The molecule has 0 spiro atoms. The lowest BCUT2D eigenvalue weighted by atomic mass is 9.91. The number of hydrogen-bond acceptors (Lipinski definition) is 5. The summed E-state index contributed by atoms with van der Waals surface area (Å²) < 4.78 is 5.12. The van der Waals surface area contributed by atoms with Crippen molar-refractivity contribution in [1.29, 1.82) is 0 Å². The number of methoxy groups -OCH3 is 1. The van der Waals surface area contributed by atoms with Crippen LogP contribution in [-0.2, 0) is 6.54 Å². The second-order valence-electron chi connectivity index (χ2n) is 7.44. The van der Waals surface area contributed by atoms with Crippen LogP contribution in [0.2, 0.25) is 0 Å². The molecule has 1 atom stereocenters. The Labute approximate surface area is 151 Å². The van der Waals surface area contributed by atoms with Crippen LogP contribution in [0.5, 0.6) is 11.5 Å². The molecule has 1 aromatic rings. The van der Waals surface area contributed by atoms with Crippen LogP contribution in [0.1, 0.15) is 44.1 Å². The first-order chi connectivity index (χ1) is 12.2. The van der Waals surface area contributed by atoms with Gasteiger partial charge in [-0.1, -0.05) is 25.3 Å². The molecule has 5 nitrogen and oxygen atoms in total. The van der Waals surface area contributed by atoms with Crippen LogP contribution in [0.3, 0.4) is 0 Å². The van der Waals surface area contributed by atoms with Crippen molar-refractivity contribution in [3.05, 3.63) is 23.8 Å². The van der Waals surface area contributed by atoms with E-state index >= 15 is 0 Å². The minimum atomic E-state index is 0.202. The van der Waals surface area contributed by atoms with Gasteiger partial charge in [0, 0.05) is 44.9 Å². The molecule has 1 saturated heterocycles. The largest absolute Gasteiger partial charge is 0.504 e. The monoisotopic (exact) mass is 348 g/mol. The molecule has 1 aliphatic carbocycles. The predicted molar refractivity (Wildman–Crippen MR) is 99.0 cm³/mol. The molecule has 0 amide bonds. The number of nitrogens with zero attached hydrogens (tertiary/aromatic N) is 2.